The third-order valence-electron chi connectivity index (χ3n) is 6.01. The number of carbonyl (C=O) groups is 2. The molecule has 2 saturated heterocycles. The number of carbonyl (C=O) groups excluding carboxylic acids is 2. The van der Waals surface area contributed by atoms with E-state index in [9.17, 15) is 9.59 Å². The molecule has 2 aliphatic heterocycles. The number of rotatable bonds is 5. The maximum atomic E-state index is 12.8. The molecule has 29 heavy (non-hydrogen) atoms. The van der Waals surface area contributed by atoms with E-state index in [1.54, 1.807) is 19.0 Å². The highest BCUT2D eigenvalue weighted by Gasteiger charge is 2.34. The Morgan fingerprint density at radius 2 is 1.83 bits per heavy atom. The summed E-state index contributed by atoms with van der Waals surface area (Å²) in [5, 5.41) is 3.01. The Kier molecular flexibility index (Phi) is 7.36. The molecule has 1 atom stereocenters. The van der Waals surface area contributed by atoms with E-state index < -0.39 is 0 Å². The minimum absolute atomic E-state index is 0.0353. The minimum atomic E-state index is -0.0879. The molecule has 2 aliphatic rings. The molecule has 1 aromatic carbocycles. The second kappa shape index (κ2) is 9.96. The summed E-state index contributed by atoms with van der Waals surface area (Å²) in [7, 11) is 3.60. The van der Waals surface area contributed by atoms with Gasteiger partial charge in [0.2, 0.25) is 0 Å². The third-order valence-corrected chi connectivity index (χ3v) is 6.01. The predicted molar refractivity (Wildman–Crippen MR) is 116 cm³/mol. The molecule has 0 saturated carbocycles. The second-order valence-corrected chi connectivity index (χ2v) is 8.41. The normalized spacial score (nSPS) is 19.8. The lowest BCUT2D eigenvalue weighted by Gasteiger charge is -2.34. The van der Waals surface area contributed by atoms with Crippen LogP contribution in [-0.4, -0.2) is 91.1 Å². The van der Waals surface area contributed by atoms with Crippen molar-refractivity contribution in [2.75, 3.05) is 58.7 Å². The average molecular weight is 402 g/mol. The van der Waals surface area contributed by atoms with Gasteiger partial charge in [-0.2, -0.15) is 0 Å². The van der Waals surface area contributed by atoms with Crippen molar-refractivity contribution in [3.63, 3.8) is 0 Å². The standard InChI is InChI=1S/C22H35N5O2/c1-18-9-5-6-10-20(18)23-21(28)26-14-11-19(17-26)27(22(29)24(2)3)16-15-25-12-7-4-8-13-25/h5-6,9-10,19H,4,7-8,11-17H2,1-3H3,(H,23,28). The zero-order valence-electron chi connectivity index (χ0n) is 18.1. The summed E-state index contributed by atoms with van der Waals surface area (Å²) >= 11 is 0. The molecule has 1 unspecified atom stereocenters. The van der Waals surface area contributed by atoms with E-state index in [4.69, 9.17) is 0 Å². The lowest BCUT2D eigenvalue weighted by Crippen LogP contribution is -2.50. The summed E-state index contributed by atoms with van der Waals surface area (Å²) in [6, 6.07) is 7.81. The number of likely N-dealkylation sites (tertiary alicyclic amines) is 2. The lowest BCUT2D eigenvalue weighted by atomic mass is 10.1. The summed E-state index contributed by atoms with van der Waals surface area (Å²) in [6.07, 6.45) is 4.63. The Morgan fingerprint density at radius 3 is 2.52 bits per heavy atom. The van der Waals surface area contributed by atoms with Crippen LogP contribution in [0, 0.1) is 6.92 Å². The van der Waals surface area contributed by atoms with Crippen molar-refractivity contribution in [2.24, 2.45) is 0 Å². The Morgan fingerprint density at radius 1 is 1.10 bits per heavy atom. The van der Waals surface area contributed by atoms with Crippen LogP contribution < -0.4 is 5.32 Å². The van der Waals surface area contributed by atoms with Gasteiger partial charge in [-0.05, 0) is 50.9 Å². The van der Waals surface area contributed by atoms with Gasteiger partial charge in [-0.3, -0.25) is 0 Å². The first-order valence-corrected chi connectivity index (χ1v) is 10.8. The van der Waals surface area contributed by atoms with Gasteiger partial charge in [-0.25, -0.2) is 9.59 Å². The molecular weight excluding hydrogens is 366 g/mol. The van der Waals surface area contributed by atoms with Crippen molar-refractivity contribution in [1.82, 2.24) is 19.6 Å². The SMILES string of the molecule is Cc1ccccc1NC(=O)N1CCC(N(CCN2CCCCC2)C(=O)N(C)C)C1. The fraction of sp³-hybridized carbons (Fsp3) is 0.636. The van der Waals surface area contributed by atoms with Crippen LogP contribution in [0.4, 0.5) is 15.3 Å². The van der Waals surface area contributed by atoms with Crippen molar-refractivity contribution in [3.8, 4) is 0 Å². The van der Waals surface area contributed by atoms with Crippen LogP contribution in [0.3, 0.4) is 0 Å². The smallest absolute Gasteiger partial charge is 0.321 e. The number of benzene rings is 1. The molecular formula is C22H35N5O2. The van der Waals surface area contributed by atoms with Crippen LogP contribution in [0.5, 0.6) is 0 Å². The number of hydrogen-bond donors (Lipinski definition) is 1. The van der Waals surface area contributed by atoms with Gasteiger partial charge < -0.3 is 24.9 Å². The first-order valence-electron chi connectivity index (χ1n) is 10.8. The fourth-order valence-electron chi connectivity index (χ4n) is 4.21. The number of amides is 4. The Balaban J connectivity index is 1.59. The summed E-state index contributed by atoms with van der Waals surface area (Å²) in [5.41, 5.74) is 1.88. The van der Waals surface area contributed by atoms with Gasteiger partial charge in [0.15, 0.2) is 0 Å². The Hall–Kier alpha value is -2.28. The van der Waals surface area contributed by atoms with Gasteiger partial charge in [0.1, 0.15) is 0 Å². The van der Waals surface area contributed by atoms with Crippen LogP contribution in [0.1, 0.15) is 31.2 Å². The zero-order valence-corrected chi connectivity index (χ0v) is 18.1. The summed E-state index contributed by atoms with van der Waals surface area (Å²) < 4.78 is 0. The molecule has 0 radical (unpaired) electrons. The number of piperidine rings is 1. The molecule has 0 aromatic heterocycles. The molecule has 4 amide bonds. The van der Waals surface area contributed by atoms with Crippen LogP contribution >= 0.6 is 0 Å². The van der Waals surface area contributed by atoms with E-state index in [1.807, 2.05) is 41.0 Å². The van der Waals surface area contributed by atoms with Gasteiger partial charge in [-0.1, -0.05) is 24.6 Å². The number of urea groups is 2. The van der Waals surface area contributed by atoms with Gasteiger partial charge in [-0.15, -0.1) is 0 Å². The highest BCUT2D eigenvalue weighted by atomic mass is 16.2. The number of nitrogens with zero attached hydrogens (tertiary/aromatic N) is 4. The zero-order chi connectivity index (χ0) is 20.8. The maximum Gasteiger partial charge on any atom is 0.321 e. The Labute approximate surface area is 174 Å². The highest BCUT2D eigenvalue weighted by Crippen LogP contribution is 2.20. The third kappa shape index (κ3) is 5.63. The molecule has 1 aromatic rings. The first kappa shape index (κ1) is 21.4. The molecule has 0 spiro atoms. The largest absolute Gasteiger partial charge is 0.331 e. The number of aryl methyl sites for hydroxylation is 1. The Bertz CT molecular complexity index is 702. The molecule has 7 heteroatoms. The highest BCUT2D eigenvalue weighted by molar-refractivity contribution is 5.90. The first-order chi connectivity index (χ1) is 14.0. The molecule has 0 bridgehead atoms. The average Bonchev–Trinajstić information content (AvgIpc) is 3.20. The number of anilines is 1. The quantitative estimate of drug-likeness (QED) is 0.825. The van der Waals surface area contributed by atoms with Gasteiger partial charge in [0.25, 0.3) is 0 Å². The van der Waals surface area contributed by atoms with E-state index in [0.717, 1.165) is 43.9 Å². The molecule has 2 heterocycles. The molecule has 7 nitrogen and oxygen atoms in total. The van der Waals surface area contributed by atoms with E-state index >= 15 is 0 Å². The van der Waals surface area contributed by atoms with E-state index in [1.165, 1.54) is 19.3 Å². The number of hydrogen-bond acceptors (Lipinski definition) is 3. The van der Waals surface area contributed by atoms with Gasteiger partial charge in [0.05, 0.1) is 6.04 Å². The summed E-state index contributed by atoms with van der Waals surface area (Å²) in [6.45, 7) is 7.11. The van der Waals surface area contributed by atoms with Crippen molar-refractivity contribution in [2.45, 2.75) is 38.6 Å². The summed E-state index contributed by atoms with van der Waals surface area (Å²) in [4.78, 5) is 33.5. The van der Waals surface area contributed by atoms with Gasteiger partial charge >= 0.3 is 12.1 Å². The van der Waals surface area contributed by atoms with Crippen molar-refractivity contribution in [1.29, 1.82) is 0 Å². The van der Waals surface area contributed by atoms with Gasteiger partial charge in [0, 0.05) is 46.0 Å². The second-order valence-electron chi connectivity index (χ2n) is 8.41. The number of para-hydroxylation sites is 1. The minimum Gasteiger partial charge on any atom is -0.331 e. The van der Waals surface area contributed by atoms with Crippen LogP contribution in [0.2, 0.25) is 0 Å². The molecule has 2 fully saturated rings. The topological polar surface area (TPSA) is 59.1 Å². The van der Waals surface area contributed by atoms with Crippen molar-refractivity contribution < 1.29 is 9.59 Å². The molecule has 1 N–H and O–H groups in total. The van der Waals surface area contributed by atoms with Crippen molar-refractivity contribution >= 4 is 17.7 Å². The predicted octanol–water partition coefficient (Wildman–Crippen LogP) is 3.07. The molecule has 0 aliphatic carbocycles. The monoisotopic (exact) mass is 401 g/mol. The van der Waals surface area contributed by atoms with Crippen LogP contribution in [0.15, 0.2) is 24.3 Å². The number of nitrogens with one attached hydrogen (secondary N) is 1. The molecule has 3 rings (SSSR count). The summed E-state index contributed by atoms with van der Waals surface area (Å²) in [5.74, 6) is 0. The lowest BCUT2D eigenvalue weighted by molar-refractivity contribution is 0.132. The van der Waals surface area contributed by atoms with Crippen LogP contribution in [0.25, 0.3) is 0 Å². The van der Waals surface area contributed by atoms with E-state index in [-0.39, 0.29) is 18.1 Å². The van der Waals surface area contributed by atoms with Crippen molar-refractivity contribution in [3.05, 3.63) is 29.8 Å². The van der Waals surface area contributed by atoms with E-state index in [2.05, 4.69) is 10.2 Å². The fourth-order valence-corrected chi connectivity index (χ4v) is 4.21. The van der Waals surface area contributed by atoms with Crippen LogP contribution in [-0.2, 0) is 0 Å². The maximum absolute atomic E-state index is 12.8. The van der Waals surface area contributed by atoms with E-state index in [0.29, 0.717) is 13.1 Å². The molecule has 160 valence electrons.